The van der Waals surface area contributed by atoms with Gasteiger partial charge in [-0.05, 0) is 37.5 Å². The highest BCUT2D eigenvalue weighted by Crippen LogP contribution is 2.46. The molecule has 2 aliphatic rings. The first-order valence-electron chi connectivity index (χ1n) is 5.34. The van der Waals surface area contributed by atoms with Gasteiger partial charge in [-0.2, -0.15) is 0 Å². The summed E-state index contributed by atoms with van der Waals surface area (Å²) >= 11 is 0. The van der Waals surface area contributed by atoms with Gasteiger partial charge in [-0.25, -0.2) is 4.79 Å². The molecule has 0 aromatic rings. The van der Waals surface area contributed by atoms with E-state index in [0.717, 1.165) is 12.3 Å². The van der Waals surface area contributed by atoms with Crippen molar-refractivity contribution >= 4 is 6.47 Å². The summed E-state index contributed by atoms with van der Waals surface area (Å²) in [5, 5.41) is 0. The van der Waals surface area contributed by atoms with Gasteiger partial charge in [-0.15, -0.1) is 0 Å². The van der Waals surface area contributed by atoms with Crippen LogP contribution in [0.25, 0.3) is 0 Å². The lowest BCUT2D eigenvalue weighted by molar-refractivity contribution is -0.205. The summed E-state index contributed by atoms with van der Waals surface area (Å²) < 4.78 is 10.6. The number of carbonyl (C=O) groups excluding carboxylic acids is 1. The first-order valence-corrected chi connectivity index (χ1v) is 5.34. The topological polar surface area (TPSA) is 35.5 Å². The van der Waals surface area contributed by atoms with Crippen LogP contribution in [0, 0.1) is 11.8 Å². The Morgan fingerprint density at radius 3 is 2.57 bits per heavy atom. The molecule has 14 heavy (non-hydrogen) atoms. The first-order chi connectivity index (χ1) is 6.61. The smallest absolute Gasteiger partial charge is 0.420 e. The molecule has 3 atom stereocenters. The SMILES string of the molecule is CC(C)(O[C]=O)OC1CC2CCC1C2. The van der Waals surface area contributed by atoms with E-state index in [0.29, 0.717) is 5.92 Å². The zero-order valence-electron chi connectivity index (χ0n) is 8.79. The van der Waals surface area contributed by atoms with Crippen molar-refractivity contribution in [2.24, 2.45) is 11.8 Å². The van der Waals surface area contributed by atoms with Crippen LogP contribution in [0.5, 0.6) is 0 Å². The fourth-order valence-electron chi connectivity index (χ4n) is 2.82. The largest absolute Gasteiger partial charge is 0.425 e. The molecule has 0 saturated heterocycles. The molecule has 2 aliphatic carbocycles. The van der Waals surface area contributed by atoms with Crippen molar-refractivity contribution in [1.29, 1.82) is 0 Å². The van der Waals surface area contributed by atoms with Crippen LogP contribution >= 0.6 is 0 Å². The Morgan fingerprint density at radius 2 is 2.07 bits per heavy atom. The molecule has 0 N–H and O–H groups in total. The molecular formula is C11H17O3. The van der Waals surface area contributed by atoms with Gasteiger partial charge in [0.15, 0.2) is 0 Å². The molecule has 0 heterocycles. The van der Waals surface area contributed by atoms with E-state index in [4.69, 9.17) is 9.47 Å². The van der Waals surface area contributed by atoms with Crippen LogP contribution in [0.15, 0.2) is 0 Å². The quantitative estimate of drug-likeness (QED) is 0.647. The van der Waals surface area contributed by atoms with E-state index >= 15 is 0 Å². The molecule has 0 aromatic carbocycles. The summed E-state index contributed by atoms with van der Waals surface area (Å²) in [6.45, 7) is 4.99. The summed E-state index contributed by atoms with van der Waals surface area (Å²) in [7, 11) is 0. The Hall–Kier alpha value is -0.570. The predicted molar refractivity (Wildman–Crippen MR) is 51.2 cm³/mol. The molecule has 2 saturated carbocycles. The van der Waals surface area contributed by atoms with Gasteiger partial charge in [0.2, 0.25) is 5.79 Å². The third-order valence-electron chi connectivity index (χ3n) is 3.40. The minimum absolute atomic E-state index is 0.289. The van der Waals surface area contributed by atoms with Gasteiger partial charge in [-0.1, -0.05) is 0 Å². The van der Waals surface area contributed by atoms with Crippen molar-refractivity contribution < 1.29 is 14.3 Å². The Morgan fingerprint density at radius 1 is 1.29 bits per heavy atom. The molecule has 0 spiro atoms. The second-order valence-electron chi connectivity index (χ2n) is 4.92. The van der Waals surface area contributed by atoms with E-state index in [2.05, 4.69) is 0 Å². The van der Waals surface area contributed by atoms with Crippen LogP contribution in [0.3, 0.4) is 0 Å². The number of fused-ring (bicyclic) bond motifs is 2. The molecule has 0 aromatic heterocycles. The van der Waals surface area contributed by atoms with Crippen LogP contribution in [-0.4, -0.2) is 18.4 Å². The fraction of sp³-hybridized carbons (Fsp3) is 0.909. The highest BCUT2D eigenvalue weighted by atomic mass is 16.7. The number of ether oxygens (including phenoxy) is 2. The van der Waals surface area contributed by atoms with Crippen LogP contribution < -0.4 is 0 Å². The molecule has 0 amide bonds. The zero-order chi connectivity index (χ0) is 10.2. The van der Waals surface area contributed by atoms with E-state index < -0.39 is 5.79 Å². The summed E-state index contributed by atoms with van der Waals surface area (Å²) in [6.07, 6.45) is 5.35. The average molecular weight is 197 g/mol. The lowest BCUT2D eigenvalue weighted by Crippen LogP contribution is -2.35. The average Bonchev–Trinajstić information content (AvgIpc) is 2.63. The van der Waals surface area contributed by atoms with Gasteiger partial charge in [0.25, 0.3) is 0 Å². The second kappa shape index (κ2) is 3.54. The zero-order valence-corrected chi connectivity index (χ0v) is 8.79. The van der Waals surface area contributed by atoms with Crippen LogP contribution in [0.4, 0.5) is 0 Å². The van der Waals surface area contributed by atoms with Crippen molar-refractivity contribution in [3.63, 3.8) is 0 Å². The third kappa shape index (κ3) is 1.92. The monoisotopic (exact) mass is 197 g/mol. The van der Waals surface area contributed by atoms with Crippen molar-refractivity contribution in [2.75, 3.05) is 0 Å². The van der Waals surface area contributed by atoms with Crippen molar-refractivity contribution in [3.05, 3.63) is 0 Å². The van der Waals surface area contributed by atoms with Gasteiger partial charge in [0, 0.05) is 13.8 Å². The summed E-state index contributed by atoms with van der Waals surface area (Å²) in [5.74, 6) is 0.729. The highest BCUT2D eigenvalue weighted by molar-refractivity contribution is 5.38. The molecule has 79 valence electrons. The predicted octanol–water partition coefficient (Wildman–Crippen LogP) is 2.01. The second-order valence-corrected chi connectivity index (χ2v) is 4.92. The van der Waals surface area contributed by atoms with Gasteiger partial charge in [-0.3, -0.25) is 0 Å². The van der Waals surface area contributed by atoms with Gasteiger partial charge in [0.1, 0.15) is 0 Å². The lowest BCUT2D eigenvalue weighted by Gasteiger charge is -2.31. The standard InChI is InChI=1S/C11H17O3/c1-11(2,13-7-12)14-10-6-8-3-4-9(10)5-8/h8-10H,3-6H2,1-2H3. The Bertz CT molecular complexity index is 225. The molecule has 1 radical (unpaired) electrons. The fourth-order valence-corrected chi connectivity index (χ4v) is 2.82. The van der Waals surface area contributed by atoms with Crippen molar-refractivity contribution in [2.45, 2.75) is 51.4 Å². The van der Waals surface area contributed by atoms with Gasteiger partial charge in [0.05, 0.1) is 6.10 Å². The number of rotatable bonds is 4. The summed E-state index contributed by atoms with van der Waals surface area (Å²) in [6, 6.07) is 0. The number of hydrogen-bond acceptors (Lipinski definition) is 3. The maximum Gasteiger partial charge on any atom is 0.420 e. The third-order valence-corrected chi connectivity index (χ3v) is 3.40. The van der Waals surface area contributed by atoms with Crippen molar-refractivity contribution in [3.8, 4) is 0 Å². The minimum Gasteiger partial charge on any atom is -0.425 e. The number of hydrogen-bond donors (Lipinski definition) is 0. The van der Waals surface area contributed by atoms with E-state index in [1.807, 2.05) is 0 Å². The normalized spacial score (nSPS) is 36.0. The van der Waals surface area contributed by atoms with E-state index in [1.54, 1.807) is 13.8 Å². The van der Waals surface area contributed by atoms with Crippen LogP contribution in [-0.2, 0) is 14.3 Å². The Labute approximate surface area is 84.8 Å². The van der Waals surface area contributed by atoms with E-state index in [9.17, 15) is 4.79 Å². The first kappa shape index (κ1) is 9.97. The Balaban J connectivity index is 1.88. The maximum atomic E-state index is 10.1. The molecule has 0 aliphatic heterocycles. The molecule has 3 nitrogen and oxygen atoms in total. The minimum atomic E-state index is -0.809. The molecule has 3 heteroatoms. The van der Waals surface area contributed by atoms with Crippen molar-refractivity contribution in [1.82, 2.24) is 0 Å². The van der Waals surface area contributed by atoms with Gasteiger partial charge >= 0.3 is 6.47 Å². The molecule has 2 fully saturated rings. The lowest BCUT2D eigenvalue weighted by atomic mass is 9.97. The molecular weight excluding hydrogens is 180 g/mol. The highest BCUT2D eigenvalue weighted by Gasteiger charge is 2.42. The summed E-state index contributed by atoms with van der Waals surface area (Å²) in [4.78, 5) is 10.1. The van der Waals surface area contributed by atoms with E-state index in [1.165, 1.54) is 25.7 Å². The van der Waals surface area contributed by atoms with Crippen LogP contribution in [0.1, 0.15) is 39.5 Å². The molecule has 3 unspecified atom stereocenters. The van der Waals surface area contributed by atoms with Crippen LogP contribution in [0.2, 0.25) is 0 Å². The van der Waals surface area contributed by atoms with Gasteiger partial charge < -0.3 is 9.47 Å². The molecule has 2 bridgehead atoms. The summed E-state index contributed by atoms with van der Waals surface area (Å²) in [5.41, 5.74) is 0. The Kier molecular flexibility index (Phi) is 2.52. The maximum absolute atomic E-state index is 10.1. The molecule has 2 rings (SSSR count). The van der Waals surface area contributed by atoms with E-state index in [-0.39, 0.29) is 6.10 Å².